The van der Waals surface area contributed by atoms with Crippen molar-refractivity contribution in [2.75, 3.05) is 18.5 Å². The van der Waals surface area contributed by atoms with Gasteiger partial charge in [-0.05, 0) is 37.3 Å². The van der Waals surface area contributed by atoms with E-state index in [0.29, 0.717) is 12.2 Å². The normalized spacial score (nSPS) is 10.8. The van der Waals surface area contributed by atoms with Crippen LogP contribution in [-0.4, -0.2) is 19.1 Å². The average molecular weight is 399 g/mol. The van der Waals surface area contributed by atoms with Gasteiger partial charge in [-0.25, -0.2) is 0 Å². The van der Waals surface area contributed by atoms with Gasteiger partial charge in [-0.2, -0.15) is 18.4 Å². The molecule has 1 N–H and O–H groups in total. The Morgan fingerprint density at radius 3 is 2.56 bits per heavy atom. The highest BCUT2D eigenvalue weighted by atomic mass is 35.5. The zero-order chi connectivity index (χ0) is 20.0. The summed E-state index contributed by atoms with van der Waals surface area (Å²) < 4.78 is 49.0. The minimum atomic E-state index is -4.56. The van der Waals surface area contributed by atoms with Crippen LogP contribution in [0, 0.1) is 11.3 Å². The van der Waals surface area contributed by atoms with Gasteiger partial charge < -0.3 is 14.8 Å². The topological polar surface area (TPSA) is 71.3 Å². The second kappa shape index (κ2) is 8.64. The van der Waals surface area contributed by atoms with E-state index in [9.17, 15) is 18.0 Å². The second-order valence-corrected chi connectivity index (χ2v) is 5.64. The van der Waals surface area contributed by atoms with E-state index in [1.807, 2.05) is 6.07 Å². The quantitative estimate of drug-likeness (QED) is 0.769. The first-order chi connectivity index (χ1) is 12.7. The number of nitrogens with one attached hydrogen (secondary N) is 1. The zero-order valence-electron chi connectivity index (χ0n) is 14.1. The van der Waals surface area contributed by atoms with Crippen LogP contribution < -0.4 is 14.8 Å². The third-order valence-electron chi connectivity index (χ3n) is 3.30. The predicted molar refractivity (Wildman–Crippen MR) is 92.9 cm³/mol. The van der Waals surface area contributed by atoms with Gasteiger partial charge in [0.2, 0.25) is 0 Å². The van der Waals surface area contributed by atoms with E-state index in [2.05, 4.69) is 5.32 Å². The predicted octanol–water partition coefficient (Wildman–Crippen LogP) is 4.65. The molecule has 1 amide bonds. The van der Waals surface area contributed by atoms with E-state index in [4.69, 9.17) is 26.3 Å². The Balaban J connectivity index is 2.08. The molecule has 0 saturated heterocycles. The highest BCUT2D eigenvalue weighted by molar-refractivity contribution is 6.33. The minimum absolute atomic E-state index is 0.0373. The van der Waals surface area contributed by atoms with Crippen molar-refractivity contribution in [3.05, 3.63) is 52.5 Å². The largest absolute Gasteiger partial charge is 0.490 e. The molecule has 0 atom stereocenters. The van der Waals surface area contributed by atoms with Crippen molar-refractivity contribution < 1.29 is 27.4 Å². The number of nitriles is 1. The molecule has 0 unspecified atom stereocenters. The number of anilines is 1. The molecular weight excluding hydrogens is 385 g/mol. The van der Waals surface area contributed by atoms with Crippen LogP contribution in [0.4, 0.5) is 18.9 Å². The standard InChI is InChI=1S/C18H14ClF3N2O3/c1-2-26-16-7-11(9-23)3-6-15(16)27-10-17(25)24-14-8-12(18(20,21)22)4-5-13(14)19/h3-8H,2,10H2,1H3,(H,24,25). The molecule has 0 fully saturated rings. The summed E-state index contributed by atoms with van der Waals surface area (Å²) in [5.74, 6) is -0.203. The molecule has 2 aromatic carbocycles. The number of rotatable bonds is 6. The van der Waals surface area contributed by atoms with Crippen molar-refractivity contribution in [3.8, 4) is 17.6 Å². The van der Waals surface area contributed by atoms with Crippen molar-refractivity contribution in [2.24, 2.45) is 0 Å². The molecule has 0 saturated carbocycles. The lowest BCUT2D eigenvalue weighted by Gasteiger charge is -2.13. The van der Waals surface area contributed by atoms with Crippen LogP contribution in [0.5, 0.6) is 11.5 Å². The summed E-state index contributed by atoms with van der Waals surface area (Å²) in [6.45, 7) is 1.57. The number of ether oxygens (including phenoxy) is 2. The van der Waals surface area contributed by atoms with Crippen LogP contribution in [0.15, 0.2) is 36.4 Å². The Hall–Kier alpha value is -2.92. The summed E-state index contributed by atoms with van der Waals surface area (Å²) in [5, 5.41) is 11.1. The molecule has 0 radical (unpaired) electrons. The van der Waals surface area contributed by atoms with Crippen LogP contribution in [0.25, 0.3) is 0 Å². The van der Waals surface area contributed by atoms with Crippen molar-refractivity contribution >= 4 is 23.2 Å². The fraction of sp³-hybridized carbons (Fsp3) is 0.222. The molecule has 0 aromatic heterocycles. The second-order valence-electron chi connectivity index (χ2n) is 5.24. The van der Waals surface area contributed by atoms with E-state index >= 15 is 0 Å². The lowest BCUT2D eigenvalue weighted by Crippen LogP contribution is -2.21. The van der Waals surface area contributed by atoms with Crippen LogP contribution in [0.1, 0.15) is 18.1 Å². The summed E-state index contributed by atoms with van der Waals surface area (Å²) in [4.78, 5) is 12.0. The Kier molecular flexibility index (Phi) is 6.53. The van der Waals surface area contributed by atoms with Crippen LogP contribution in [0.2, 0.25) is 5.02 Å². The van der Waals surface area contributed by atoms with E-state index in [-0.39, 0.29) is 22.2 Å². The number of hydrogen-bond acceptors (Lipinski definition) is 4. The molecule has 0 aliphatic carbocycles. The van der Waals surface area contributed by atoms with E-state index in [0.717, 1.165) is 18.2 Å². The fourth-order valence-corrected chi connectivity index (χ4v) is 2.26. The number of carbonyl (C=O) groups excluding carboxylic acids is 1. The molecule has 5 nitrogen and oxygen atoms in total. The third kappa shape index (κ3) is 5.53. The van der Waals surface area contributed by atoms with Crippen molar-refractivity contribution in [1.29, 1.82) is 5.26 Å². The van der Waals surface area contributed by atoms with Crippen LogP contribution >= 0.6 is 11.6 Å². The van der Waals surface area contributed by atoms with Crippen LogP contribution in [-0.2, 0) is 11.0 Å². The third-order valence-corrected chi connectivity index (χ3v) is 3.63. The van der Waals surface area contributed by atoms with E-state index in [1.165, 1.54) is 18.2 Å². The number of hydrogen-bond donors (Lipinski definition) is 1. The molecule has 142 valence electrons. The van der Waals surface area contributed by atoms with Gasteiger partial charge in [0.15, 0.2) is 18.1 Å². The van der Waals surface area contributed by atoms with E-state index < -0.39 is 24.3 Å². The highest BCUT2D eigenvalue weighted by Gasteiger charge is 2.31. The smallest absolute Gasteiger partial charge is 0.416 e. The summed E-state index contributed by atoms with van der Waals surface area (Å²) >= 11 is 5.83. The average Bonchev–Trinajstić information content (AvgIpc) is 2.61. The zero-order valence-corrected chi connectivity index (χ0v) is 14.8. The van der Waals surface area contributed by atoms with Crippen molar-refractivity contribution in [2.45, 2.75) is 13.1 Å². The first-order valence-electron chi connectivity index (χ1n) is 7.71. The maximum absolute atomic E-state index is 12.8. The highest BCUT2D eigenvalue weighted by Crippen LogP contribution is 2.34. The van der Waals surface area contributed by atoms with Gasteiger partial charge in [0, 0.05) is 6.07 Å². The molecule has 0 aliphatic heterocycles. The number of nitrogens with zero attached hydrogens (tertiary/aromatic N) is 1. The summed E-state index contributed by atoms with van der Waals surface area (Å²) in [5.41, 5.74) is -0.759. The molecule has 27 heavy (non-hydrogen) atoms. The van der Waals surface area contributed by atoms with Gasteiger partial charge in [0.25, 0.3) is 5.91 Å². The first kappa shape index (κ1) is 20.4. The number of amides is 1. The first-order valence-corrected chi connectivity index (χ1v) is 8.08. The van der Waals surface area contributed by atoms with Crippen LogP contribution in [0.3, 0.4) is 0 Å². The Bertz CT molecular complexity index is 879. The Morgan fingerprint density at radius 2 is 1.93 bits per heavy atom. The molecule has 0 spiro atoms. The molecule has 0 heterocycles. The summed E-state index contributed by atoms with van der Waals surface area (Å²) in [7, 11) is 0. The minimum Gasteiger partial charge on any atom is -0.490 e. The van der Waals surface area contributed by atoms with Gasteiger partial charge in [0.1, 0.15) is 0 Å². The number of benzene rings is 2. The lowest BCUT2D eigenvalue weighted by molar-refractivity contribution is -0.137. The van der Waals surface area contributed by atoms with E-state index in [1.54, 1.807) is 6.92 Å². The van der Waals surface area contributed by atoms with Crippen molar-refractivity contribution in [1.82, 2.24) is 0 Å². The summed E-state index contributed by atoms with van der Waals surface area (Å²) in [6.07, 6.45) is -4.56. The fourth-order valence-electron chi connectivity index (χ4n) is 2.09. The summed E-state index contributed by atoms with van der Waals surface area (Å²) in [6, 6.07) is 8.98. The number of halogens is 4. The molecule has 0 bridgehead atoms. The molecule has 2 rings (SSSR count). The molecule has 0 aliphatic rings. The van der Waals surface area contributed by atoms with Gasteiger partial charge in [-0.15, -0.1) is 0 Å². The maximum Gasteiger partial charge on any atom is 0.416 e. The SMILES string of the molecule is CCOc1cc(C#N)ccc1OCC(=O)Nc1cc(C(F)(F)F)ccc1Cl. The Morgan fingerprint density at radius 1 is 1.19 bits per heavy atom. The lowest BCUT2D eigenvalue weighted by atomic mass is 10.2. The monoisotopic (exact) mass is 398 g/mol. The molecule has 9 heteroatoms. The van der Waals surface area contributed by atoms with Gasteiger partial charge >= 0.3 is 6.18 Å². The molecule has 2 aromatic rings. The van der Waals surface area contributed by atoms with Gasteiger partial charge in [-0.3, -0.25) is 4.79 Å². The van der Waals surface area contributed by atoms with Gasteiger partial charge in [0.05, 0.1) is 34.5 Å². The van der Waals surface area contributed by atoms with Crippen molar-refractivity contribution in [3.63, 3.8) is 0 Å². The molecular formula is C18H14ClF3N2O3. The number of carbonyl (C=O) groups is 1. The van der Waals surface area contributed by atoms with Gasteiger partial charge in [-0.1, -0.05) is 11.6 Å². The Labute approximate surface area is 158 Å². The maximum atomic E-state index is 12.8. The number of alkyl halides is 3.